The molecule has 0 aromatic carbocycles. The molecule has 2 aromatic heterocycles. The van der Waals surface area contributed by atoms with Gasteiger partial charge in [-0.05, 0) is 13.8 Å². The molecule has 23 heavy (non-hydrogen) atoms. The number of hydrogen-bond acceptors (Lipinski definition) is 7. The van der Waals surface area contributed by atoms with Gasteiger partial charge >= 0.3 is 5.97 Å². The Labute approximate surface area is 129 Å². The fraction of sp³-hybridized carbons (Fsp3) is 0.538. The van der Waals surface area contributed by atoms with Gasteiger partial charge in [0.2, 0.25) is 0 Å². The Bertz CT molecular complexity index is 842. The first-order valence-corrected chi connectivity index (χ1v) is 7.01. The molecule has 2 saturated heterocycles. The zero-order valence-corrected chi connectivity index (χ0v) is 12.3. The smallest absolute Gasteiger partial charge is 0.335 e. The highest BCUT2D eigenvalue weighted by Crippen LogP contribution is 2.43. The zero-order valence-electron chi connectivity index (χ0n) is 12.3. The summed E-state index contributed by atoms with van der Waals surface area (Å²) < 4.78 is 18.5. The summed E-state index contributed by atoms with van der Waals surface area (Å²) in [6.45, 7) is 3.41. The Morgan fingerprint density at radius 3 is 2.83 bits per heavy atom. The second-order valence-corrected chi connectivity index (χ2v) is 5.91. The molecule has 0 spiro atoms. The molecule has 4 rings (SSSR count). The first-order valence-electron chi connectivity index (χ1n) is 7.01. The standard InChI is InChI=1S/C13H14N4O6/c1-13(2)22-6-7(23-13)11(21-8(6)12(19)20)17-4-16-5-9(17)14-3-15-10(5)18/h3-4,6-8,11H,1-2H3,(H,19,20)(H,14,15,18). The molecule has 10 nitrogen and oxygen atoms in total. The molecule has 2 fully saturated rings. The van der Waals surface area contributed by atoms with Crippen LogP contribution in [0.2, 0.25) is 0 Å². The maximum absolute atomic E-state index is 11.7. The third-order valence-corrected chi connectivity index (χ3v) is 3.91. The number of imidazole rings is 1. The van der Waals surface area contributed by atoms with Crippen LogP contribution in [0.25, 0.3) is 11.2 Å². The van der Waals surface area contributed by atoms with E-state index in [1.54, 1.807) is 13.8 Å². The maximum atomic E-state index is 11.7. The van der Waals surface area contributed by atoms with E-state index in [4.69, 9.17) is 14.2 Å². The predicted molar refractivity (Wildman–Crippen MR) is 73.5 cm³/mol. The van der Waals surface area contributed by atoms with Crippen LogP contribution >= 0.6 is 0 Å². The number of nitrogens with one attached hydrogen (secondary N) is 1. The van der Waals surface area contributed by atoms with Gasteiger partial charge in [0.1, 0.15) is 12.2 Å². The number of H-pyrrole nitrogens is 1. The first kappa shape index (κ1) is 14.3. The lowest BCUT2D eigenvalue weighted by Crippen LogP contribution is -2.35. The van der Waals surface area contributed by atoms with Crippen molar-refractivity contribution < 1.29 is 24.1 Å². The van der Waals surface area contributed by atoms with Crippen molar-refractivity contribution in [1.29, 1.82) is 0 Å². The van der Waals surface area contributed by atoms with Gasteiger partial charge in [0, 0.05) is 0 Å². The highest BCUT2D eigenvalue weighted by Gasteiger charge is 2.58. The molecule has 122 valence electrons. The first-order chi connectivity index (χ1) is 10.9. The van der Waals surface area contributed by atoms with Crippen LogP contribution in [0, 0.1) is 0 Å². The number of carboxylic acids is 1. The summed E-state index contributed by atoms with van der Waals surface area (Å²) in [4.78, 5) is 33.7. The van der Waals surface area contributed by atoms with Gasteiger partial charge in [-0.2, -0.15) is 0 Å². The minimum absolute atomic E-state index is 0.143. The second kappa shape index (κ2) is 4.60. The maximum Gasteiger partial charge on any atom is 0.335 e. The largest absolute Gasteiger partial charge is 0.479 e. The quantitative estimate of drug-likeness (QED) is 0.765. The van der Waals surface area contributed by atoms with E-state index in [1.807, 2.05) is 0 Å². The fourth-order valence-corrected chi connectivity index (χ4v) is 3.05. The molecule has 0 aliphatic carbocycles. The van der Waals surface area contributed by atoms with Crippen molar-refractivity contribution in [3.05, 3.63) is 23.0 Å². The number of aliphatic carboxylic acids is 1. The number of fused-ring (bicyclic) bond motifs is 2. The van der Waals surface area contributed by atoms with E-state index < -0.39 is 36.3 Å². The number of rotatable bonds is 2. The summed E-state index contributed by atoms with van der Waals surface area (Å²) in [5.74, 6) is -2.06. The van der Waals surface area contributed by atoms with Crippen LogP contribution < -0.4 is 5.56 Å². The number of aromatic amines is 1. The minimum Gasteiger partial charge on any atom is -0.479 e. The lowest BCUT2D eigenvalue weighted by Gasteiger charge is -2.23. The van der Waals surface area contributed by atoms with E-state index >= 15 is 0 Å². The summed E-state index contributed by atoms with van der Waals surface area (Å²) in [5, 5.41) is 9.35. The molecule has 2 aromatic rings. The van der Waals surface area contributed by atoms with E-state index in [1.165, 1.54) is 17.2 Å². The van der Waals surface area contributed by atoms with Crippen LogP contribution in [0.15, 0.2) is 17.4 Å². The number of ether oxygens (including phenoxy) is 3. The number of aromatic nitrogens is 4. The van der Waals surface area contributed by atoms with Gasteiger partial charge in [0.25, 0.3) is 5.56 Å². The SMILES string of the molecule is CC1(C)OC2C(C(=O)O)OC(n3cnc4c(=O)[nH]cnc43)C2O1. The zero-order chi connectivity index (χ0) is 16.4. The Balaban J connectivity index is 1.80. The van der Waals surface area contributed by atoms with Crippen LogP contribution in [-0.2, 0) is 19.0 Å². The van der Waals surface area contributed by atoms with Gasteiger partial charge < -0.3 is 24.3 Å². The third-order valence-electron chi connectivity index (χ3n) is 3.91. The lowest BCUT2D eigenvalue weighted by atomic mass is 10.1. The second-order valence-electron chi connectivity index (χ2n) is 5.91. The molecule has 0 saturated carbocycles. The number of hydrogen-bond donors (Lipinski definition) is 2. The summed E-state index contributed by atoms with van der Waals surface area (Å²) in [6, 6.07) is 0. The number of carbonyl (C=O) groups is 1. The van der Waals surface area contributed by atoms with Crippen molar-refractivity contribution in [1.82, 2.24) is 19.5 Å². The van der Waals surface area contributed by atoms with E-state index in [0.29, 0.717) is 0 Å². The Kier molecular flexibility index (Phi) is 2.86. The minimum atomic E-state index is -1.17. The van der Waals surface area contributed by atoms with Crippen LogP contribution in [0.5, 0.6) is 0 Å². The van der Waals surface area contributed by atoms with Gasteiger partial charge in [-0.3, -0.25) is 9.36 Å². The molecule has 2 aliphatic heterocycles. The molecule has 0 radical (unpaired) electrons. The average molecular weight is 322 g/mol. The summed E-state index contributed by atoms with van der Waals surface area (Å²) in [7, 11) is 0. The molecule has 2 N–H and O–H groups in total. The number of carboxylic acid groups (broad SMARTS) is 1. The molecular formula is C13H14N4O6. The van der Waals surface area contributed by atoms with E-state index in [9.17, 15) is 14.7 Å². The van der Waals surface area contributed by atoms with Crippen LogP contribution in [0.4, 0.5) is 0 Å². The van der Waals surface area contributed by atoms with Gasteiger partial charge in [-0.1, -0.05) is 0 Å². The Morgan fingerprint density at radius 2 is 2.09 bits per heavy atom. The highest BCUT2D eigenvalue weighted by molar-refractivity contribution is 5.74. The van der Waals surface area contributed by atoms with Crippen molar-refractivity contribution in [2.24, 2.45) is 0 Å². The highest BCUT2D eigenvalue weighted by atomic mass is 16.8. The van der Waals surface area contributed by atoms with Gasteiger partial charge in [-0.15, -0.1) is 0 Å². The molecule has 2 aliphatic rings. The summed E-state index contributed by atoms with van der Waals surface area (Å²) >= 11 is 0. The lowest BCUT2D eigenvalue weighted by molar-refractivity contribution is -0.202. The molecule has 0 amide bonds. The normalized spacial score (nSPS) is 32.3. The van der Waals surface area contributed by atoms with Crippen molar-refractivity contribution in [2.45, 2.75) is 44.2 Å². The Morgan fingerprint density at radius 1 is 1.35 bits per heavy atom. The van der Waals surface area contributed by atoms with E-state index in [-0.39, 0.29) is 16.7 Å². The van der Waals surface area contributed by atoms with E-state index in [2.05, 4.69) is 15.0 Å². The monoisotopic (exact) mass is 322 g/mol. The average Bonchev–Trinajstić information content (AvgIpc) is 3.09. The number of nitrogens with zero attached hydrogens (tertiary/aromatic N) is 3. The van der Waals surface area contributed by atoms with Gasteiger partial charge in [0.15, 0.2) is 29.3 Å². The molecule has 4 heterocycles. The predicted octanol–water partition coefficient (Wildman–Crippen LogP) is -0.378. The van der Waals surface area contributed by atoms with Crippen LogP contribution in [0.1, 0.15) is 20.1 Å². The van der Waals surface area contributed by atoms with Crippen LogP contribution in [0.3, 0.4) is 0 Å². The van der Waals surface area contributed by atoms with E-state index in [0.717, 1.165) is 0 Å². The summed E-state index contributed by atoms with van der Waals surface area (Å²) in [6.07, 6.45) is -0.752. The fourth-order valence-electron chi connectivity index (χ4n) is 3.05. The van der Waals surface area contributed by atoms with Crippen molar-refractivity contribution >= 4 is 17.1 Å². The van der Waals surface area contributed by atoms with Crippen molar-refractivity contribution in [3.63, 3.8) is 0 Å². The van der Waals surface area contributed by atoms with Gasteiger partial charge in [-0.25, -0.2) is 14.8 Å². The molecule has 4 atom stereocenters. The molecule has 4 unspecified atom stereocenters. The third kappa shape index (κ3) is 2.06. The van der Waals surface area contributed by atoms with Gasteiger partial charge in [0.05, 0.1) is 12.7 Å². The van der Waals surface area contributed by atoms with Crippen LogP contribution in [-0.4, -0.2) is 54.7 Å². The molecule has 10 heteroatoms. The molecule has 0 bridgehead atoms. The van der Waals surface area contributed by atoms with Crippen molar-refractivity contribution in [3.8, 4) is 0 Å². The molecular weight excluding hydrogens is 308 g/mol. The summed E-state index contributed by atoms with van der Waals surface area (Å²) in [5.41, 5.74) is 0.0449. The Hall–Kier alpha value is -2.30. The van der Waals surface area contributed by atoms with Crippen molar-refractivity contribution in [2.75, 3.05) is 0 Å². The topological polar surface area (TPSA) is 129 Å².